The van der Waals surface area contributed by atoms with Gasteiger partial charge in [0.15, 0.2) is 0 Å². The molecule has 0 unspecified atom stereocenters. The van der Waals surface area contributed by atoms with Gasteiger partial charge in [0.25, 0.3) is 0 Å². The standard InChI is InChI=1S/C8H11NOS2/c1-7(10)6-11-12-8-4-2-3-5-9-8/h2-5,7,10H,6H2,1H3/t7-/m0/s1. The predicted octanol–water partition coefficient (Wildman–Crippen LogP) is 2.20. The van der Waals surface area contributed by atoms with E-state index >= 15 is 0 Å². The number of aliphatic hydroxyl groups excluding tert-OH is 1. The van der Waals surface area contributed by atoms with E-state index in [0.717, 1.165) is 10.8 Å². The van der Waals surface area contributed by atoms with Crippen LogP contribution in [0.25, 0.3) is 0 Å². The van der Waals surface area contributed by atoms with Gasteiger partial charge in [-0.15, -0.1) is 0 Å². The lowest BCUT2D eigenvalue weighted by atomic mass is 10.5. The average Bonchev–Trinajstić information content (AvgIpc) is 2.05. The molecule has 1 rings (SSSR count). The first-order valence-corrected chi connectivity index (χ1v) is 5.99. The summed E-state index contributed by atoms with van der Waals surface area (Å²) in [7, 11) is 3.21. The summed E-state index contributed by atoms with van der Waals surface area (Å²) in [5, 5.41) is 9.96. The van der Waals surface area contributed by atoms with E-state index in [2.05, 4.69) is 4.98 Å². The molecule has 4 heteroatoms. The Kier molecular flexibility index (Phi) is 4.50. The SMILES string of the molecule is C[C@H](O)CSSc1ccccn1. The number of aromatic nitrogens is 1. The van der Waals surface area contributed by atoms with Crippen molar-refractivity contribution in [3.63, 3.8) is 0 Å². The van der Waals surface area contributed by atoms with Crippen molar-refractivity contribution in [1.29, 1.82) is 0 Å². The quantitative estimate of drug-likeness (QED) is 0.757. The van der Waals surface area contributed by atoms with Gasteiger partial charge in [-0.1, -0.05) is 16.9 Å². The van der Waals surface area contributed by atoms with E-state index in [-0.39, 0.29) is 6.10 Å². The van der Waals surface area contributed by atoms with Crippen molar-refractivity contribution < 1.29 is 5.11 Å². The maximum absolute atomic E-state index is 8.98. The Hall–Kier alpha value is -0.190. The molecule has 1 heterocycles. The second-order valence-electron chi connectivity index (χ2n) is 2.38. The molecule has 0 aliphatic carbocycles. The summed E-state index contributed by atoms with van der Waals surface area (Å²) in [5.41, 5.74) is 0. The Balaban J connectivity index is 2.25. The van der Waals surface area contributed by atoms with E-state index < -0.39 is 0 Å². The Labute approximate surface area is 80.2 Å². The second-order valence-corrected chi connectivity index (χ2v) is 4.75. The van der Waals surface area contributed by atoms with Crippen LogP contribution in [0.1, 0.15) is 6.92 Å². The molecule has 0 radical (unpaired) electrons. The highest BCUT2D eigenvalue weighted by Gasteiger charge is 1.97. The summed E-state index contributed by atoms with van der Waals surface area (Å²) < 4.78 is 0. The normalized spacial score (nSPS) is 12.8. The zero-order chi connectivity index (χ0) is 8.81. The van der Waals surface area contributed by atoms with Crippen LogP contribution in [0, 0.1) is 0 Å². The lowest BCUT2D eigenvalue weighted by molar-refractivity contribution is 0.221. The predicted molar refractivity (Wildman–Crippen MR) is 54.2 cm³/mol. The molecule has 66 valence electrons. The molecular formula is C8H11NOS2. The van der Waals surface area contributed by atoms with E-state index in [1.807, 2.05) is 18.2 Å². The molecule has 0 aliphatic heterocycles. The summed E-state index contributed by atoms with van der Waals surface area (Å²) in [4.78, 5) is 4.14. The van der Waals surface area contributed by atoms with Crippen molar-refractivity contribution in [2.45, 2.75) is 18.1 Å². The molecule has 1 aromatic heterocycles. The van der Waals surface area contributed by atoms with Crippen LogP contribution in [0.3, 0.4) is 0 Å². The van der Waals surface area contributed by atoms with Crippen LogP contribution in [0.5, 0.6) is 0 Å². The van der Waals surface area contributed by atoms with Gasteiger partial charge in [0, 0.05) is 11.9 Å². The fourth-order valence-electron chi connectivity index (χ4n) is 0.589. The third-order valence-corrected chi connectivity index (χ3v) is 3.51. The van der Waals surface area contributed by atoms with Gasteiger partial charge in [-0.25, -0.2) is 4.98 Å². The zero-order valence-electron chi connectivity index (χ0n) is 6.80. The third-order valence-electron chi connectivity index (χ3n) is 1.09. The first kappa shape index (κ1) is 9.89. The van der Waals surface area contributed by atoms with Gasteiger partial charge >= 0.3 is 0 Å². The third kappa shape index (κ3) is 3.99. The molecule has 0 fully saturated rings. The van der Waals surface area contributed by atoms with Crippen LogP contribution < -0.4 is 0 Å². The van der Waals surface area contributed by atoms with Crippen LogP contribution in [0.4, 0.5) is 0 Å². The van der Waals surface area contributed by atoms with Gasteiger partial charge in [-0.05, 0) is 29.9 Å². The zero-order valence-corrected chi connectivity index (χ0v) is 8.44. The molecule has 2 nitrogen and oxygen atoms in total. The van der Waals surface area contributed by atoms with Gasteiger partial charge in [0.1, 0.15) is 5.03 Å². The molecule has 1 aromatic rings. The molecule has 0 saturated carbocycles. The van der Waals surface area contributed by atoms with E-state index in [1.54, 1.807) is 34.7 Å². The van der Waals surface area contributed by atoms with Crippen LogP contribution >= 0.6 is 21.6 Å². The monoisotopic (exact) mass is 201 g/mol. The maximum atomic E-state index is 8.98. The number of nitrogens with zero attached hydrogens (tertiary/aromatic N) is 1. The van der Waals surface area contributed by atoms with E-state index in [9.17, 15) is 0 Å². The molecule has 12 heavy (non-hydrogen) atoms. The Morgan fingerprint density at radius 2 is 2.42 bits per heavy atom. The molecule has 0 saturated heterocycles. The van der Waals surface area contributed by atoms with Crippen molar-refractivity contribution in [1.82, 2.24) is 4.98 Å². The minimum atomic E-state index is -0.244. The maximum Gasteiger partial charge on any atom is 0.106 e. The summed E-state index contributed by atoms with van der Waals surface area (Å²) in [5.74, 6) is 0.737. The number of hydrogen-bond donors (Lipinski definition) is 1. The number of rotatable bonds is 4. The smallest absolute Gasteiger partial charge is 0.106 e. The molecule has 0 aliphatic rings. The van der Waals surface area contributed by atoms with Crippen molar-refractivity contribution in [2.24, 2.45) is 0 Å². The molecular weight excluding hydrogens is 190 g/mol. The highest BCUT2D eigenvalue weighted by atomic mass is 33.1. The summed E-state index contributed by atoms with van der Waals surface area (Å²) in [6.45, 7) is 1.78. The van der Waals surface area contributed by atoms with Crippen molar-refractivity contribution in [3.05, 3.63) is 24.4 Å². The lowest BCUT2D eigenvalue weighted by Crippen LogP contribution is -2.00. The summed E-state index contributed by atoms with van der Waals surface area (Å²) >= 11 is 0. The van der Waals surface area contributed by atoms with Gasteiger partial charge in [0.2, 0.25) is 0 Å². The molecule has 0 bridgehead atoms. The topological polar surface area (TPSA) is 33.1 Å². The fraction of sp³-hybridized carbons (Fsp3) is 0.375. The van der Waals surface area contributed by atoms with Crippen LogP contribution in [0.2, 0.25) is 0 Å². The van der Waals surface area contributed by atoms with Gasteiger partial charge in [-0.2, -0.15) is 0 Å². The first-order chi connectivity index (χ1) is 5.79. The van der Waals surface area contributed by atoms with Gasteiger partial charge in [-0.3, -0.25) is 0 Å². The van der Waals surface area contributed by atoms with E-state index in [0.29, 0.717) is 0 Å². The number of pyridine rings is 1. The largest absolute Gasteiger partial charge is 0.393 e. The van der Waals surface area contributed by atoms with Crippen LogP contribution in [-0.4, -0.2) is 21.9 Å². The van der Waals surface area contributed by atoms with E-state index in [4.69, 9.17) is 5.11 Å². The summed E-state index contributed by atoms with van der Waals surface area (Å²) in [6.07, 6.45) is 1.52. The van der Waals surface area contributed by atoms with Crippen LogP contribution in [-0.2, 0) is 0 Å². The Morgan fingerprint density at radius 3 is 3.00 bits per heavy atom. The minimum Gasteiger partial charge on any atom is -0.393 e. The summed E-state index contributed by atoms with van der Waals surface area (Å²) in [6, 6.07) is 5.81. The van der Waals surface area contributed by atoms with Gasteiger partial charge < -0.3 is 5.11 Å². The molecule has 0 spiro atoms. The number of aliphatic hydroxyl groups is 1. The Bertz CT molecular complexity index is 216. The Morgan fingerprint density at radius 1 is 1.58 bits per heavy atom. The first-order valence-electron chi connectivity index (χ1n) is 3.67. The fourth-order valence-corrected chi connectivity index (χ4v) is 2.67. The molecule has 0 aromatic carbocycles. The average molecular weight is 201 g/mol. The lowest BCUT2D eigenvalue weighted by Gasteiger charge is -2.01. The molecule has 1 N–H and O–H groups in total. The highest BCUT2D eigenvalue weighted by molar-refractivity contribution is 8.76. The number of hydrogen-bond acceptors (Lipinski definition) is 4. The molecule has 1 atom stereocenters. The second kappa shape index (κ2) is 5.45. The molecule has 0 amide bonds. The van der Waals surface area contributed by atoms with Crippen LogP contribution in [0.15, 0.2) is 29.4 Å². The highest BCUT2D eigenvalue weighted by Crippen LogP contribution is 2.29. The van der Waals surface area contributed by atoms with Crippen molar-refractivity contribution in [3.8, 4) is 0 Å². The van der Waals surface area contributed by atoms with E-state index in [1.165, 1.54) is 0 Å². The van der Waals surface area contributed by atoms with Crippen molar-refractivity contribution in [2.75, 3.05) is 5.75 Å². The minimum absolute atomic E-state index is 0.244. The van der Waals surface area contributed by atoms with Crippen molar-refractivity contribution >= 4 is 21.6 Å². The van der Waals surface area contributed by atoms with Gasteiger partial charge in [0.05, 0.1) is 6.10 Å².